The molecule has 0 fully saturated rings. The maximum atomic E-state index is 10.7. The quantitative estimate of drug-likeness (QED) is 0.741. The average molecular weight is 229 g/mol. The van der Waals surface area contributed by atoms with Crippen LogP contribution in [0, 0.1) is 6.92 Å². The highest BCUT2D eigenvalue weighted by molar-refractivity contribution is 7.09. The smallest absolute Gasteiger partial charge is 0.274 e. The Labute approximate surface area is 88.5 Å². The van der Waals surface area contributed by atoms with Gasteiger partial charge in [-0.25, -0.2) is 4.98 Å². The molecule has 0 bridgehead atoms. The summed E-state index contributed by atoms with van der Waals surface area (Å²) in [5, 5.41) is 5.63. The van der Waals surface area contributed by atoms with Crippen molar-refractivity contribution in [3.05, 3.63) is 22.1 Å². The summed E-state index contributed by atoms with van der Waals surface area (Å²) in [5.74, 6) is 0.457. The topological polar surface area (TPSA) is 56.0 Å². The third-order valence-electron chi connectivity index (χ3n) is 1.58. The molecule has 4 nitrogen and oxygen atoms in total. The lowest BCUT2D eigenvalue weighted by molar-refractivity contribution is 0.107. The molecule has 0 aliphatic heterocycles. The van der Waals surface area contributed by atoms with E-state index in [2.05, 4.69) is 10.1 Å². The van der Waals surface area contributed by atoms with Crippen molar-refractivity contribution in [3.8, 4) is 11.5 Å². The summed E-state index contributed by atoms with van der Waals surface area (Å²) >= 11 is 6.73. The Morgan fingerprint density at radius 1 is 1.64 bits per heavy atom. The van der Waals surface area contributed by atoms with Crippen molar-refractivity contribution in [1.82, 2.24) is 10.1 Å². The summed E-state index contributed by atoms with van der Waals surface area (Å²) in [7, 11) is 0. The van der Waals surface area contributed by atoms with Gasteiger partial charge in [-0.3, -0.25) is 4.79 Å². The van der Waals surface area contributed by atoms with Crippen molar-refractivity contribution < 1.29 is 9.32 Å². The molecule has 0 radical (unpaired) electrons. The zero-order valence-corrected chi connectivity index (χ0v) is 8.72. The van der Waals surface area contributed by atoms with E-state index in [-0.39, 0.29) is 5.69 Å². The van der Waals surface area contributed by atoms with E-state index in [1.165, 1.54) is 17.4 Å². The van der Waals surface area contributed by atoms with Crippen LogP contribution in [0.5, 0.6) is 0 Å². The van der Waals surface area contributed by atoms with E-state index >= 15 is 0 Å². The minimum absolute atomic E-state index is 0.104. The Morgan fingerprint density at radius 2 is 2.43 bits per heavy atom. The van der Waals surface area contributed by atoms with Crippen LogP contribution < -0.4 is 0 Å². The minimum atomic E-state index is -0.632. The lowest BCUT2D eigenvalue weighted by Gasteiger charge is -1.83. The summed E-state index contributed by atoms with van der Waals surface area (Å²) in [5.41, 5.74) is 0.775. The van der Waals surface area contributed by atoms with Gasteiger partial charge < -0.3 is 4.52 Å². The molecule has 14 heavy (non-hydrogen) atoms. The van der Waals surface area contributed by atoms with Crippen molar-refractivity contribution in [3.63, 3.8) is 0 Å². The van der Waals surface area contributed by atoms with Gasteiger partial charge in [-0.2, -0.15) is 0 Å². The first-order chi connectivity index (χ1) is 6.66. The summed E-state index contributed by atoms with van der Waals surface area (Å²) in [6.07, 6.45) is 0. The number of hydrogen-bond acceptors (Lipinski definition) is 5. The van der Waals surface area contributed by atoms with Crippen LogP contribution in [0.1, 0.15) is 15.5 Å². The summed E-state index contributed by atoms with van der Waals surface area (Å²) in [4.78, 5) is 14.9. The molecule has 0 atom stereocenters. The Bertz CT molecular complexity index is 477. The number of halogens is 1. The van der Waals surface area contributed by atoms with Crippen LogP contribution in [0.3, 0.4) is 0 Å². The fraction of sp³-hybridized carbons (Fsp3) is 0.125. The van der Waals surface area contributed by atoms with E-state index in [1.807, 2.05) is 12.3 Å². The van der Waals surface area contributed by atoms with Crippen molar-refractivity contribution in [2.24, 2.45) is 0 Å². The fourth-order valence-electron chi connectivity index (χ4n) is 0.965. The number of aryl methyl sites for hydroxylation is 1. The normalized spacial score (nSPS) is 10.4. The predicted octanol–water partition coefficient (Wildman–Crippen LogP) is 2.49. The van der Waals surface area contributed by atoms with Gasteiger partial charge in [-0.05, 0) is 18.5 Å². The maximum absolute atomic E-state index is 10.7. The van der Waals surface area contributed by atoms with Crippen molar-refractivity contribution in [2.45, 2.75) is 6.92 Å². The van der Waals surface area contributed by atoms with Gasteiger partial charge in [0.15, 0.2) is 11.5 Å². The molecule has 0 N–H and O–H groups in total. The van der Waals surface area contributed by atoms with Gasteiger partial charge in [-0.1, -0.05) is 5.16 Å². The molecule has 0 aromatic carbocycles. The number of rotatable bonds is 2. The molecule has 2 heterocycles. The molecule has 0 aliphatic carbocycles. The van der Waals surface area contributed by atoms with Gasteiger partial charge in [0.05, 0.1) is 5.01 Å². The number of aromatic nitrogens is 2. The van der Waals surface area contributed by atoms with Crippen LogP contribution >= 0.6 is 22.9 Å². The van der Waals surface area contributed by atoms with Gasteiger partial charge in [0, 0.05) is 11.4 Å². The second-order valence-corrected chi connectivity index (χ2v) is 4.01. The van der Waals surface area contributed by atoms with Crippen LogP contribution in [-0.2, 0) is 0 Å². The average Bonchev–Trinajstić information content (AvgIpc) is 2.70. The monoisotopic (exact) mass is 228 g/mol. The van der Waals surface area contributed by atoms with Crippen molar-refractivity contribution in [1.29, 1.82) is 0 Å². The number of nitrogens with zero attached hydrogens (tertiary/aromatic N) is 2. The minimum Gasteiger partial charge on any atom is -0.354 e. The van der Waals surface area contributed by atoms with E-state index in [0.717, 1.165) is 5.01 Å². The maximum Gasteiger partial charge on any atom is 0.274 e. The Balaban J connectivity index is 2.38. The first-order valence-electron chi connectivity index (χ1n) is 3.76. The largest absolute Gasteiger partial charge is 0.354 e. The van der Waals surface area contributed by atoms with Crippen LogP contribution in [-0.4, -0.2) is 15.4 Å². The number of carbonyl (C=O) groups excluding carboxylic acids is 1. The van der Waals surface area contributed by atoms with Crippen LogP contribution in [0.2, 0.25) is 0 Å². The molecule has 0 amide bonds. The molecular formula is C8H5ClN2O2S. The van der Waals surface area contributed by atoms with Gasteiger partial charge in [0.25, 0.3) is 5.24 Å². The third kappa shape index (κ3) is 1.69. The summed E-state index contributed by atoms with van der Waals surface area (Å²) < 4.78 is 4.91. The lowest BCUT2D eigenvalue weighted by Crippen LogP contribution is -1.85. The van der Waals surface area contributed by atoms with E-state index in [0.29, 0.717) is 11.5 Å². The highest BCUT2D eigenvalue weighted by Gasteiger charge is 2.12. The van der Waals surface area contributed by atoms with E-state index in [4.69, 9.17) is 16.1 Å². The second kappa shape index (κ2) is 3.51. The Kier molecular flexibility index (Phi) is 2.35. The molecule has 0 aliphatic rings. The summed E-state index contributed by atoms with van der Waals surface area (Å²) in [6.45, 7) is 1.89. The van der Waals surface area contributed by atoms with Crippen LogP contribution in [0.15, 0.2) is 16.0 Å². The molecule has 0 unspecified atom stereocenters. The first kappa shape index (κ1) is 9.36. The van der Waals surface area contributed by atoms with E-state index in [9.17, 15) is 4.79 Å². The lowest BCUT2D eigenvalue weighted by atomic mass is 10.3. The van der Waals surface area contributed by atoms with Crippen LogP contribution in [0.25, 0.3) is 11.5 Å². The van der Waals surface area contributed by atoms with E-state index in [1.54, 1.807) is 0 Å². The number of thiazole rings is 1. The zero-order chi connectivity index (χ0) is 10.1. The number of hydrogen-bond donors (Lipinski definition) is 0. The Hall–Kier alpha value is -1.20. The zero-order valence-electron chi connectivity index (χ0n) is 7.15. The van der Waals surface area contributed by atoms with E-state index < -0.39 is 5.24 Å². The van der Waals surface area contributed by atoms with Crippen LogP contribution in [0.4, 0.5) is 0 Å². The molecule has 2 rings (SSSR count). The van der Waals surface area contributed by atoms with Gasteiger partial charge in [-0.15, -0.1) is 11.3 Å². The Morgan fingerprint density at radius 3 is 2.93 bits per heavy atom. The molecule has 0 saturated carbocycles. The highest BCUT2D eigenvalue weighted by atomic mass is 35.5. The van der Waals surface area contributed by atoms with Crippen molar-refractivity contribution >= 4 is 28.2 Å². The van der Waals surface area contributed by atoms with Gasteiger partial charge >= 0.3 is 0 Å². The second-order valence-electron chi connectivity index (χ2n) is 2.60. The molecule has 2 aromatic rings. The SMILES string of the molecule is Cc1nc(-c2cc(C(=O)Cl)no2)cs1. The molecule has 72 valence electrons. The molecule has 0 saturated heterocycles. The summed E-state index contributed by atoms with van der Waals surface area (Å²) in [6, 6.07) is 1.48. The molecule has 0 spiro atoms. The molecular weight excluding hydrogens is 224 g/mol. The molecule has 6 heteroatoms. The van der Waals surface area contributed by atoms with Gasteiger partial charge in [0.1, 0.15) is 5.69 Å². The highest BCUT2D eigenvalue weighted by Crippen LogP contribution is 2.22. The predicted molar refractivity (Wildman–Crippen MR) is 52.5 cm³/mol. The van der Waals surface area contributed by atoms with Crippen molar-refractivity contribution in [2.75, 3.05) is 0 Å². The number of carbonyl (C=O) groups is 1. The first-order valence-corrected chi connectivity index (χ1v) is 5.01. The van der Waals surface area contributed by atoms with Gasteiger partial charge in [0.2, 0.25) is 0 Å². The third-order valence-corrected chi connectivity index (χ3v) is 2.55. The fourth-order valence-corrected chi connectivity index (χ4v) is 1.66. The molecule has 2 aromatic heterocycles. The standard InChI is InChI=1S/C8H5ClN2O2S/c1-4-10-6(3-14-4)7-2-5(8(9)12)11-13-7/h2-3H,1H3.